The van der Waals surface area contributed by atoms with Crippen LogP contribution < -0.4 is 10.2 Å². The number of rotatable bonds is 2. The number of hydrogen-bond acceptors (Lipinski definition) is 5. The molecule has 5 nitrogen and oxygen atoms in total. The van der Waals surface area contributed by atoms with Gasteiger partial charge in [-0.1, -0.05) is 11.6 Å². The van der Waals surface area contributed by atoms with Gasteiger partial charge in [0.25, 0.3) is 0 Å². The minimum Gasteiger partial charge on any atom is -0.357 e. The molecular weight excluding hydrogens is 248 g/mol. The van der Waals surface area contributed by atoms with Gasteiger partial charge < -0.3 is 10.2 Å². The standard InChI is InChI=1S/C9H13ClN4OS/c1-11-9-12-6-7(10)8(13-9)14-2-4-16(15)5-3-14/h6H,2-5H2,1H3,(H,11,12,13). The van der Waals surface area contributed by atoms with Gasteiger partial charge in [-0.05, 0) is 0 Å². The van der Waals surface area contributed by atoms with Crippen LogP contribution in [0.1, 0.15) is 0 Å². The zero-order valence-corrected chi connectivity index (χ0v) is 10.5. The summed E-state index contributed by atoms with van der Waals surface area (Å²) in [6.07, 6.45) is 1.58. The Labute approximate surface area is 102 Å². The van der Waals surface area contributed by atoms with Crippen LogP contribution >= 0.6 is 11.6 Å². The van der Waals surface area contributed by atoms with E-state index >= 15 is 0 Å². The molecule has 0 aliphatic carbocycles. The molecule has 0 saturated carbocycles. The van der Waals surface area contributed by atoms with E-state index in [9.17, 15) is 4.21 Å². The van der Waals surface area contributed by atoms with E-state index < -0.39 is 10.8 Å². The van der Waals surface area contributed by atoms with Crippen molar-refractivity contribution >= 4 is 34.2 Å². The number of hydrogen-bond donors (Lipinski definition) is 1. The normalized spacial score (nSPS) is 17.5. The first-order valence-electron chi connectivity index (χ1n) is 5.01. The van der Waals surface area contributed by atoms with Crippen LogP contribution in [-0.2, 0) is 10.8 Å². The lowest BCUT2D eigenvalue weighted by Crippen LogP contribution is -2.38. The quantitative estimate of drug-likeness (QED) is 0.850. The van der Waals surface area contributed by atoms with Crippen molar-refractivity contribution in [3.8, 4) is 0 Å². The molecule has 0 atom stereocenters. The summed E-state index contributed by atoms with van der Waals surface area (Å²) in [5.74, 6) is 2.62. The molecule has 7 heteroatoms. The van der Waals surface area contributed by atoms with Crippen molar-refractivity contribution in [2.75, 3.05) is 41.9 Å². The first-order valence-corrected chi connectivity index (χ1v) is 6.87. The Morgan fingerprint density at radius 1 is 1.50 bits per heavy atom. The van der Waals surface area contributed by atoms with E-state index in [0.717, 1.165) is 18.9 Å². The molecule has 0 unspecified atom stereocenters. The van der Waals surface area contributed by atoms with Crippen molar-refractivity contribution in [2.24, 2.45) is 0 Å². The van der Waals surface area contributed by atoms with Gasteiger partial charge in [-0.2, -0.15) is 4.98 Å². The second kappa shape index (κ2) is 4.97. The van der Waals surface area contributed by atoms with Crippen molar-refractivity contribution < 1.29 is 4.21 Å². The molecule has 0 bridgehead atoms. The fourth-order valence-electron chi connectivity index (χ4n) is 1.55. The van der Waals surface area contributed by atoms with E-state index in [-0.39, 0.29) is 0 Å². The van der Waals surface area contributed by atoms with E-state index in [1.54, 1.807) is 13.2 Å². The van der Waals surface area contributed by atoms with Gasteiger partial charge in [-0.3, -0.25) is 4.21 Å². The number of anilines is 2. The summed E-state index contributed by atoms with van der Waals surface area (Å²) in [5, 5.41) is 3.41. The highest BCUT2D eigenvalue weighted by Gasteiger charge is 2.19. The van der Waals surface area contributed by atoms with Crippen molar-refractivity contribution in [3.63, 3.8) is 0 Å². The van der Waals surface area contributed by atoms with E-state index in [2.05, 4.69) is 15.3 Å². The van der Waals surface area contributed by atoms with Crippen LogP contribution in [0.2, 0.25) is 5.02 Å². The average Bonchev–Trinajstić information content (AvgIpc) is 2.31. The molecule has 0 aromatic carbocycles. The van der Waals surface area contributed by atoms with Crippen molar-refractivity contribution in [1.82, 2.24) is 9.97 Å². The van der Waals surface area contributed by atoms with Crippen LogP contribution in [0.5, 0.6) is 0 Å². The highest BCUT2D eigenvalue weighted by molar-refractivity contribution is 7.85. The van der Waals surface area contributed by atoms with Gasteiger partial charge in [0.15, 0.2) is 5.82 Å². The van der Waals surface area contributed by atoms with Crippen LogP contribution in [-0.4, -0.2) is 45.8 Å². The summed E-state index contributed by atoms with van der Waals surface area (Å²) in [6, 6.07) is 0. The minimum atomic E-state index is -0.692. The molecule has 2 rings (SSSR count). The SMILES string of the molecule is CNc1ncc(Cl)c(N2CCS(=O)CC2)n1. The maximum absolute atomic E-state index is 11.3. The molecule has 1 aliphatic heterocycles. The number of aromatic nitrogens is 2. The lowest BCUT2D eigenvalue weighted by Gasteiger charge is -2.28. The van der Waals surface area contributed by atoms with E-state index in [0.29, 0.717) is 22.5 Å². The van der Waals surface area contributed by atoms with Gasteiger partial charge in [0.1, 0.15) is 5.02 Å². The molecule has 88 valence electrons. The maximum atomic E-state index is 11.3. The van der Waals surface area contributed by atoms with Gasteiger partial charge in [0.2, 0.25) is 5.95 Å². The van der Waals surface area contributed by atoms with Gasteiger partial charge in [-0.15, -0.1) is 0 Å². The minimum absolute atomic E-state index is 0.534. The third kappa shape index (κ3) is 2.44. The van der Waals surface area contributed by atoms with E-state index in [1.165, 1.54) is 0 Å². The monoisotopic (exact) mass is 260 g/mol. The van der Waals surface area contributed by atoms with Crippen LogP contribution in [0.4, 0.5) is 11.8 Å². The van der Waals surface area contributed by atoms with Crippen molar-refractivity contribution in [1.29, 1.82) is 0 Å². The third-order valence-corrected chi connectivity index (χ3v) is 3.97. The van der Waals surface area contributed by atoms with Crippen LogP contribution in [0.3, 0.4) is 0 Å². The zero-order chi connectivity index (χ0) is 11.5. The summed E-state index contributed by atoms with van der Waals surface area (Å²) >= 11 is 6.05. The molecule has 1 fully saturated rings. The van der Waals surface area contributed by atoms with Crippen LogP contribution in [0.15, 0.2) is 6.20 Å². The number of nitrogens with zero attached hydrogens (tertiary/aromatic N) is 3. The van der Waals surface area contributed by atoms with Gasteiger partial charge in [-0.25, -0.2) is 4.98 Å². The van der Waals surface area contributed by atoms with Crippen LogP contribution in [0.25, 0.3) is 0 Å². The average molecular weight is 261 g/mol. The number of nitrogens with one attached hydrogen (secondary N) is 1. The molecule has 1 saturated heterocycles. The molecule has 1 N–H and O–H groups in total. The molecular formula is C9H13ClN4OS. The Morgan fingerprint density at radius 3 is 2.81 bits per heavy atom. The van der Waals surface area contributed by atoms with Gasteiger partial charge >= 0.3 is 0 Å². The van der Waals surface area contributed by atoms with Crippen LogP contribution in [0, 0.1) is 0 Å². The van der Waals surface area contributed by atoms with E-state index in [1.807, 2.05) is 4.90 Å². The predicted octanol–water partition coefficient (Wildman–Crippen LogP) is 0.740. The fourth-order valence-corrected chi connectivity index (χ4v) is 2.81. The Bertz CT molecular complexity index is 404. The molecule has 1 aliphatic rings. The van der Waals surface area contributed by atoms with E-state index in [4.69, 9.17) is 11.6 Å². The summed E-state index contributed by atoms with van der Waals surface area (Å²) in [4.78, 5) is 10.4. The predicted molar refractivity (Wildman–Crippen MR) is 66.7 cm³/mol. The van der Waals surface area contributed by atoms with Crippen molar-refractivity contribution in [3.05, 3.63) is 11.2 Å². The molecule has 0 spiro atoms. The molecule has 0 radical (unpaired) electrons. The number of halogens is 1. The zero-order valence-electron chi connectivity index (χ0n) is 8.94. The largest absolute Gasteiger partial charge is 0.357 e. The first kappa shape index (κ1) is 11.6. The maximum Gasteiger partial charge on any atom is 0.224 e. The third-order valence-electron chi connectivity index (χ3n) is 2.43. The molecule has 0 amide bonds. The highest BCUT2D eigenvalue weighted by Crippen LogP contribution is 2.24. The smallest absolute Gasteiger partial charge is 0.224 e. The summed E-state index contributed by atoms with van der Waals surface area (Å²) < 4.78 is 11.3. The molecule has 16 heavy (non-hydrogen) atoms. The first-order chi connectivity index (χ1) is 7.70. The second-order valence-corrected chi connectivity index (χ2v) is 5.55. The molecule has 1 aromatic rings. The lowest BCUT2D eigenvalue weighted by atomic mass is 10.4. The lowest BCUT2D eigenvalue weighted by molar-refractivity contribution is 0.672. The Balaban J connectivity index is 2.22. The summed E-state index contributed by atoms with van der Waals surface area (Å²) in [6.45, 7) is 1.46. The Hall–Kier alpha value is -0.880. The van der Waals surface area contributed by atoms with Gasteiger partial charge in [0, 0.05) is 42.4 Å². The summed E-state index contributed by atoms with van der Waals surface area (Å²) in [7, 11) is 1.07. The second-order valence-electron chi connectivity index (χ2n) is 3.45. The Morgan fingerprint density at radius 2 is 2.19 bits per heavy atom. The van der Waals surface area contributed by atoms with Gasteiger partial charge in [0.05, 0.1) is 6.20 Å². The van der Waals surface area contributed by atoms with Crippen molar-refractivity contribution in [2.45, 2.75) is 0 Å². The Kier molecular flexibility index (Phi) is 3.60. The summed E-state index contributed by atoms with van der Waals surface area (Å²) in [5.41, 5.74) is 0. The topological polar surface area (TPSA) is 58.1 Å². The molecule has 1 aromatic heterocycles. The highest BCUT2D eigenvalue weighted by atomic mass is 35.5. The fraction of sp³-hybridized carbons (Fsp3) is 0.556. The molecule has 2 heterocycles.